The number of hydrogen-bond donors (Lipinski definition) is 1. The van der Waals surface area contributed by atoms with Crippen molar-refractivity contribution in [2.24, 2.45) is 0 Å². The minimum absolute atomic E-state index is 0.641. The summed E-state index contributed by atoms with van der Waals surface area (Å²) in [7, 11) is 0. The predicted molar refractivity (Wildman–Crippen MR) is 61.7 cm³/mol. The van der Waals surface area contributed by atoms with Gasteiger partial charge in [-0.25, -0.2) is 0 Å². The van der Waals surface area contributed by atoms with Gasteiger partial charge in [0.1, 0.15) is 19.6 Å². The van der Waals surface area contributed by atoms with Crippen molar-refractivity contribution >= 4 is 23.2 Å². The molecule has 1 aromatic rings. The molecule has 1 aliphatic rings. The molecule has 82 valence electrons. The van der Waals surface area contributed by atoms with Crippen LogP contribution in [0.5, 0.6) is 0 Å². The Bertz CT molecular complexity index is 337. The number of morpholine rings is 1. The summed E-state index contributed by atoms with van der Waals surface area (Å²) in [5.74, 6) is 0. The van der Waals surface area contributed by atoms with Crippen LogP contribution in [0.3, 0.4) is 0 Å². The van der Waals surface area contributed by atoms with Crippen molar-refractivity contribution in [3.63, 3.8) is 0 Å². The van der Waals surface area contributed by atoms with Gasteiger partial charge in [0, 0.05) is 5.56 Å². The van der Waals surface area contributed by atoms with Gasteiger partial charge in [-0.05, 0) is 6.07 Å². The van der Waals surface area contributed by atoms with Crippen molar-refractivity contribution in [3.8, 4) is 0 Å². The van der Waals surface area contributed by atoms with E-state index in [0.717, 1.165) is 38.4 Å². The standard InChI is InChI=1S/C11H13Cl2NO/c12-10-3-1-2-9(11(10)13)8-14-4-6-15-7-5-14/h1-3H,4-8H2/p+1. The third-order valence-corrected chi connectivity index (χ3v) is 3.53. The fourth-order valence-corrected chi connectivity index (χ4v) is 2.18. The van der Waals surface area contributed by atoms with Crippen LogP contribution in [0.15, 0.2) is 18.2 Å². The first-order valence-corrected chi connectivity index (χ1v) is 5.87. The summed E-state index contributed by atoms with van der Waals surface area (Å²) in [6.07, 6.45) is 0. The molecule has 1 aliphatic heterocycles. The lowest BCUT2D eigenvalue weighted by Gasteiger charge is -2.24. The maximum absolute atomic E-state index is 6.14. The van der Waals surface area contributed by atoms with E-state index < -0.39 is 0 Å². The summed E-state index contributed by atoms with van der Waals surface area (Å²) >= 11 is 12.1. The molecular weight excluding hydrogens is 233 g/mol. The van der Waals surface area contributed by atoms with Crippen molar-refractivity contribution < 1.29 is 9.64 Å². The molecular formula is C11H14Cl2NO+. The number of nitrogens with one attached hydrogen (secondary N) is 1. The zero-order valence-electron chi connectivity index (χ0n) is 8.43. The molecule has 2 rings (SSSR count). The number of benzene rings is 1. The second kappa shape index (κ2) is 5.17. The number of halogens is 2. The Labute approximate surface area is 99.7 Å². The highest BCUT2D eigenvalue weighted by molar-refractivity contribution is 6.42. The quantitative estimate of drug-likeness (QED) is 0.834. The molecule has 0 saturated carbocycles. The first kappa shape index (κ1) is 11.2. The molecule has 0 spiro atoms. The summed E-state index contributed by atoms with van der Waals surface area (Å²) in [6.45, 7) is 4.70. The molecule has 2 nitrogen and oxygen atoms in total. The minimum atomic E-state index is 0.641. The molecule has 0 aliphatic carbocycles. The van der Waals surface area contributed by atoms with Crippen LogP contribution in [0, 0.1) is 0 Å². The predicted octanol–water partition coefficient (Wildman–Crippen LogP) is 1.41. The normalized spacial score (nSPS) is 18.0. The van der Waals surface area contributed by atoms with Crippen LogP contribution in [-0.2, 0) is 11.3 Å². The maximum atomic E-state index is 6.14. The van der Waals surface area contributed by atoms with Crippen molar-refractivity contribution in [2.75, 3.05) is 26.3 Å². The van der Waals surface area contributed by atoms with Gasteiger partial charge in [0.2, 0.25) is 0 Å². The molecule has 0 bridgehead atoms. The number of ether oxygens (including phenoxy) is 1. The van der Waals surface area contributed by atoms with E-state index in [1.54, 1.807) is 0 Å². The Hall–Kier alpha value is -0.280. The molecule has 15 heavy (non-hydrogen) atoms. The van der Waals surface area contributed by atoms with Gasteiger partial charge in [-0.1, -0.05) is 35.3 Å². The van der Waals surface area contributed by atoms with Crippen LogP contribution in [0.2, 0.25) is 10.0 Å². The molecule has 0 unspecified atom stereocenters. The Balaban J connectivity index is 2.06. The van der Waals surface area contributed by atoms with Gasteiger partial charge in [0.05, 0.1) is 23.3 Å². The van der Waals surface area contributed by atoms with Gasteiger partial charge < -0.3 is 9.64 Å². The fraction of sp³-hybridized carbons (Fsp3) is 0.455. The van der Waals surface area contributed by atoms with E-state index in [2.05, 4.69) is 0 Å². The fourth-order valence-electron chi connectivity index (χ4n) is 1.79. The Morgan fingerprint density at radius 2 is 1.93 bits per heavy atom. The smallest absolute Gasteiger partial charge is 0.104 e. The topological polar surface area (TPSA) is 13.7 Å². The zero-order valence-corrected chi connectivity index (χ0v) is 9.94. The van der Waals surface area contributed by atoms with Gasteiger partial charge in [-0.2, -0.15) is 0 Å². The first-order valence-electron chi connectivity index (χ1n) is 5.11. The van der Waals surface area contributed by atoms with Gasteiger partial charge in [-0.3, -0.25) is 0 Å². The summed E-state index contributed by atoms with van der Waals surface area (Å²) in [4.78, 5) is 1.51. The third kappa shape index (κ3) is 2.85. The van der Waals surface area contributed by atoms with E-state index in [9.17, 15) is 0 Å². The molecule has 4 heteroatoms. The molecule has 0 aromatic heterocycles. The lowest BCUT2D eigenvalue weighted by Crippen LogP contribution is -3.12. The summed E-state index contributed by atoms with van der Waals surface area (Å²) < 4.78 is 5.31. The van der Waals surface area contributed by atoms with Crippen molar-refractivity contribution in [2.45, 2.75) is 6.54 Å². The molecule has 0 radical (unpaired) electrons. The Morgan fingerprint density at radius 3 is 2.67 bits per heavy atom. The molecule has 1 saturated heterocycles. The highest BCUT2D eigenvalue weighted by Gasteiger charge is 2.16. The number of hydrogen-bond acceptors (Lipinski definition) is 1. The maximum Gasteiger partial charge on any atom is 0.104 e. The average Bonchev–Trinajstić information content (AvgIpc) is 2.26. The van der Waals surface area contributed by atoms with Gasteiger partial charge in [-0.15, -0.1) is 0 Å². The first-order chi connectivity index (χ1) is 7.27. The molecule has 1 fully saturated rings. The largest absolute Gasteiger partial charge is 0.370 e. The van der Waals surface area contributed by atoms with E-state index in [0.29, 0.717) is 10.0 Å². The van der Waals surface area contributed by atoms with Crippen LogP contribution in [0.4, 0.5) is 0 Å². The lowest BCUT2D eigenvalue weighted by atomic mass is 10.2. The molecule has 1 heterocycles. The highest BCUT2D eigenvalue weighted by Crippen LogP contribution is 2.24. The zero-order chi connectivity index (χ0) is 10.7. The van der Waals surface area contributed by atoms with Gasteiger partial charge in [0.15, 0.2) is 0 Å². The van der Waals surface area contributed by atoms with E-state index in [1.807, 2.05) is 18.2 Å². The Morgan fingerprint density at radius 1 is 1.20 bits per heavy atom. The van der Waals surface area contributed by atoms with Crippen LogP contribution in [0.1, 0.15) is 5.56 Å². The average molecular weight is 247 g/mol. The van der Waals surface area contributed by atoms with Crippen molar-refractivity contribution in [3.05, 3.63) is 33.8 Å². The van der Waals surface area contributed by atoms with Crippen molar-refractivity contribution in [1.82, 2.24) is 0 Å². The molecule has 0 atom stereocenters. The van der Waals surface area contributed by atoms with Gasteiger partial charge in [0.25, 0.3) is 0 Å². The second-order valence-electron chi connectivity index (χ2n) is 3.75. The third-order valence-electron chi connectivity index (χ3n) is 2.67. The lowest BCUT2D eigenvalue weighted by molar-refractivity contribution is -0.921. The van der Waals surface area contributed by atoms with Crippen LogP contribution < -0.4 is 4.90 Å². The SMILES string of the molecule is Clc1cccc(C[NH+]2CCOCC2)c1Cl. The molecule has 1 N–H and O–H groups in total. The number of quaternary nitrogens is 1. The number of rotatable bonds is 2. The summed E-state index contributed by atoms with van der Waals surface area (Å²) in [5.41, 5.74) is 1.13. The summed E-state index contributed by atoms with van der Waals surface area (Å²) in [6, 6.07) is 5.81. The highest BCUT2D eigenvalue weighted by atomic mass is 35.5. The van der Waals surface area contributed by atoms with Crippen LogP contribution >= 0.6 is 23.2 Å². The van der Waals surface area contributed by atoms with E-state index in [-0.39, 0.29) is 0 Å². The second-order valence-corrected chi connectivity index (χ2v) is 4.54. The van der Waals surface area contributed by atoms with Crippen LogP contribution in [-0.4, -0.2) is 26.3 Å². The molecule has 1 aromatic carbocycles. The van der Waals surface area contributed by atoms with E-state index in [4.69, 9.17) is 27.9 Å². The van der Waals surface area contributed by atoms with Gasteiger partial charge >= 0.3 is 0 Å². The Kier molecular flexibility index (Phi) is 3.87. The van der Waals surface area contributed by atoms with Crippen LogP contribution in [0.25, 0.3) is 0 Å². The molecule has 0 amide bonds. The monoisotopic (exact) mass is 246 g/mol. The minimum Gasteiger partial charge on any atom is -0.370 e. The van der Waals surface area contributed by atoms with Crippen molar-refractivity contribution in [1.29, 1.82) is 0 Å². The van der Waals surface area contributed by atoms with E-state index >= 15 is 0 Å². The summed E-state index contributed by atoms with van der Waals surface area (Å²) in [5, 5.41) is 1.33. The van der Waals surface area contributed by atoms with E-state index in [1.165, 1.54) is 4.90 Å².